The van der Waals surface area contributed by atoms with Crippen LogP contribution in [-0.2, 0) is 4.79 Å². The van der Waals surface area contributed by atoms with E-state index in [1.807, 2.05) is 0 Å². The Morgan fingerprint density at radius 2 is 1.58 bits per heavy atom. The first-order chi connectivity index (χ1) is 12.4. The number of amides is 3. The Labute approximate surface area is 160 Å². The van der Waals surface area contributed by atoms with Crippen molar-refractivity contribution in [2.24, 2.45) is 0 Å². The third-order valence-corrected chi connectivity index (χ3v) is 4.69. The summed E-state index contributed by atoms with van der Waals surface area (Å²) in [6.45, 7) is 0. The highest BCUT2D eigenvalue weighted by Gasteiger charge is 2.14. The topological polar surface area (TPSA) is 78.5 Å². The predicted molar refractivity (Wildman–Crippen MR) is 102 cm³/mol. The number of thioether (sulfide) groups is 1. The fourth-order valence-electron chi connectivity index (χ4n) is 1.90. The van der Waals surface area contributed by atoms with Crippen LogP contribution in [0, 0.1) is 0 Å². The van der Waals surface area contributed by atoms with Gasteiger partial charge in [-0.1, -0.05) is 23.7 Å². The van der Waals surface area contributed by atoms with Crippen LogP contribution >= 0.6 is 23.4 Å². The molecular weight excluding hydrogens is 374 g/mol. The van der Waals surface area contributed by atoms with E-state index < -0.39 is 11.8 Å². The standard InChI is InChI=1S/C18H18ClN3O3S/c1-22(2)16(23)11-26-15-6-4-3-5-14(15)18(25)21-20-17(24)12-7-9-13(19)10-8-12/h3-10H,11H2,1-2H3,(H,20,24)(H,21,25). The molecule has 0 aliphatic rings. The van der Waals surface area contributed by atoms with Crippen LogP contribution in [0.4, 0.5) is 0 Å². The van der Waals surface area contributed by atoms with Crippen LogP contribution in [0.2, 0.25) is 5.02 Å². The van der Waals surface area contributed by atoms with E-state index >= 15 is 0 Å². The first-order valence-electron chi connectivity index (χ1n) is 7.66. The predicted octanol–water partition coefficient (Wildman–Crippen LogP) is 2.60. The van der Waals surface area contributed by atoms with Crippen LogP contribution in [0.15, 0.2) is 53.4 Å². The molecule has 0 aliphatic heterocycles. The number of carbonyl (C=O) groups is 3. The van der Waals surface area contributed by atoms with E-state index in [2.05, 4.69) is 10.9 Å². The summed E-state index contributed by atoms with van der Waals surface area (Å²) in [5.41, 5.74) is 5.49. The lowest BCUT2D eigenvalue weighted by atomic mass is 10.2. The zero-order chi connectivity index (χ0) is 19.1. The van der Waals surface area contributed by atoms with Gasteiger partial charge in [-0.25, -0.2) is 0 Å². The molecule has 2 aromatic rings. The van der Waals surface area contributed by atoms with Gasteiger partial charge in [-0.05, 0) is 36.4 Å². The van der Waals surface area contributed by atoms with Crippen LogP contribution in [0.1, 0.15) is 20.7 Å². The fraction of sp³-hybridized carbons (Fsp3) is 0.167. The van der Waals surface area contributed by atoms with Gasteiger partial charge in [-0.3, -0.25) is 25.2 Å². The van der Waals surface area contributed by atoms with E-state index in [-0.39, 0.29) is 11.7 Å². The fourth-order valence-corrected chi connectivity index (χ4v) is 3.06. The molecule has 136 valence electrons. The molecule has 0 atom stereocenters. The Morgan fingerprint density at radius 1 is 0.962 bits per heavy atom. The highest BCUT2D eigenvalue weighted by Crippen LogP contribution is 2.22. The number of nitrogens with one attached hydrogen (secondary N) is 2. The van der Waals surface area contributed by atoms with Crippen molar-refractivity contribution in [3.05, 3.63) is 64.7 Å². The van der Waals surface area contributed by atoms with E-state index in [1.165, 1.54) is 16.7 Å². The number of nitrogens with zero attached hydrogens (tertiary/aromatic N) is 1. The molecule has 2 rings (SSSR count). The molecule has 2 N–H and O–H groups in total. The van der Waals surface area contributed by atoms with Crippen LogP contribution < -0.4 is 10.9 Å². The molecule has 0 fully saturated rings. The first-order valence-corrected chi connectivity index (χ1v) is 9.03. The monoisotopic (exact) mass is 391 g/mol. The van der Waals surface area contributed by atoms with Crippen molar-refractivity contribution < 1.29 is 14.4 Å². The Kier molecular flexibility index (Phi) is 7.06. The summed E-state index contributed by atoms with van der Waals surface area (Å²) in [7, 11) is 3.35. The average Bonchev–Trinajstić information content (AvgIpc) is 2.64. The van der Waals surface area contributed by atoms with Gasteiger partial charge in [0.2, 0.25) is 5.91 Å². The number of hydrogen-bond acceptors (Lipinski definition) is 4. The lowest BCUT2D eigenvalue weighted by molar-refractivity contribution is -0.125. The van der Waals surface area contributed by atoms with Gasteiger partial charge in [0, 0.05) is 29.6 Å². The van der Waals surface area contributed by atoms with Gasteiger partial charge >= 0.3 is 0 Å². The Bertz CT molecular complexity index is 810. The first kappa shape index (κ1) is 19.8. The molecule has 8 heteroatoms. The molecule has 0 spiro atoms. The summed E-state index contributed by atoms with van der Waals surface area (Å²) >= 11 is 7.05. The molecule has 3 amide bonds. The van der Waals surface area contributed by atoms with Crippen molar-refractivity contribution >= 4 is 41.1 Å². The minimum Gasteiger partial charge on any atom is -0.348 e. The second-order valence-corrected chi connectivity index (χ2v) is 6.94. The molecule has 0 saturated heterocycles. The minimum atomic E-state index is -0.465. The summed E-state index contributed by atoms with van der Waals surface area (Å²) in [4.78, 5) is 38.3. The van der Waals surface area contributed by atoms with Crippen LogP contribution in [0.5, 0.6) is 0 Å². The molecule has 0 aromatic heterocycles. The third kappa shape index (κ3) is 5.50. The number of carbonyl (C=O) groups excluding carboxylic acids is 3. The number of rotatable bonds is 5. The van der Waals surface area contributed by atoms with Gasteiger partial charge in [-0.15, -0.1) is 11.8 Å². The van der Waals surface area contributed by atoms with Crippen molar-refractivity contribution in [2.45, 2.75) is 4.90 Å². The van der Waals surface area contributed by atoms with Gasteiger partial charge < -0.3 is 4.90 Å². The molecule has 0 heterocycles. The summed E-state index contributed by atoms with van der Waals surface area (Å²) in [5.74, 6) is -0.758. The average molecular weight is 392 g/mol. The smallest absolute Gasteiger partial charge is 0.270 e. The molecule has 0 unspecified atom stereocenters. The van der Waals surface area contributed by atoms with Gasteiger partial charge in [0.05, 0.1) is 11.3 Å². The van der Waals surface area contributed by atoms with Crippen LogP contribution in [-0.4, -0.2) is 42.5 Å². The summed E-state index contributed by atoms with van der Waals surface area (Å²) in [6, 6.07) is 13.2. The lowest BCUT2D eigenvalue weighted by Gasteiger charge is -2.12. The second kappa shape index (κ2) is 9.26. The van der Waals surface area contributed by atoms with Crippen molar-refractivity contribution in [1.29, 1.82) is 0 Å². The van der Waals surface area contributed by atoms with E-state index in [1.54, 1.807) is 62.6 Å². The Hall–Kier alpha value is -2.51. The largest absolute Gasteiger partial charge is 0.348 e. The van der Waals surface area contributed by atoms with E-state index in [9.17, 15) is 14.4 Å². The number of hydrogen-bond donors (Lipinski definition) is 2. The Balaban J connectivity index is 1.99. The highest BCUT2D eigenvalue weighted by atomic mass is 35.5. The van der Waals surface area contributed by atoms with Crippen LogP contribution in [0.25, 0.3) is 0 Å². The molecular formula is C18H18ClN3O3S. The molecule has 0 bridgehead atoms. The molecule has 0 radical (unpaired) electrons. The maximum absolute atomic E-state index is 12.4. The van der Waals surface area contributed by atoms with Crippen molar-refractivity contribution in [3.8, 4) is 0 Å². The number of halogens is 1. The molecule has 26 heavy (non-hydrogen) atoms. The van der Waals surface area contributed by atoms with Gasteiger partial charge in [-0.2, -0.15) is 0 Å². The van der Waals surface area contributed by atoms with E-state index in [4.69, 9.17) is 11.6 Å². The van der Waals surface area contributed by atoms with E-state index in [0.717, 1.165) is 0 Å². The molecule has 2 aromatic carbocycles. The lowest BCUT2D eigenvalue weighted by Crippen LogP contribution is -2.41. The van der Waals surface area contributed by atoms with Gasteiger partial charge in [0.1, 0.15) is 0 Å². The zero-order valence-corrected chi connectivity index (χ0v) is 15.9. The van der Waals surface area contributed by atoms with Gasteiger partial charge in [0.25, 0.3) is 11.8 Å². The number of benzene rings is 2. The quantitative estimate of drug-likeness (QED) is 0.606. The van der Waals surface area contributed by atoms with Crippen LogP contribution in [0.3, 0.4) is 0 Å². The highest BCUT2D eigenvalue weighted by molar-refractivity contribution is 8.00. The maximum Gasteiger partial charge on any atom is 0.270 e. The summed E-state index contributed by atoms with van der Waals surface area (Å²) < 4.78 is 0. The zero-order valence-electron chi connectivity index (χ0n) is 14.3. The summed E-state index contributed by atoms with van der Waals surface area (Å²) in [6.07, 6.45) is 0. The molecule has 6 nitrogen and oxygen atoms in total. The summed E-state index contributed by atoms with van der Waals surface area (Å²) in [5, 5.41) is 0.517. The molecule has 0 aliphatic carbocycles. The van der Waals surface area contributed by atoms with E-state index in [0.29, 0.717) is 21.0 Å². The second-order valence-electron chi connectivity index (χ2n) is 5.49. The van der Waals surface area contributed by atoms with Crippen molar-refractivity contribution in [2.75, 3.05) is 19.8 Å². The number of hydrazine groups is 1. The SMILES string of the molecule is CN(C)C(=O)CSc1ccccc1C(=O)NNC(=O)c1ccc(Cl)cc1. The Morgan fingerprint density at radius 3 is 2.23 bits per heavy atom. The van der Waals surface area contributed by atoms with Gasteiger partial charge in [0.15, 0.2) is 0 Å². The third-order valence-electron chi connectivity index (χ3n) is 3.38. The minimum absolute atomic E-state index is 0.0544. The van der Waals surface area contributed by atoms with Crippen molar-refractivity contribution in [1.82, 2.24) is 15.8 Å². The molecule has 0 saturated carbocycles. The van der Waals surface area contributed by atoms with Crippen molar-refractivity contribution in [3.63, 3.8) is 0 Å². The maximum atomic E-state index is 12.4. The normalized spacial score (nSPS) is 10.1.